The van der Waals surface area contributed by atoms with Crippen LogP contribution in [0, 0.1) is 0 Å². The first-order valence-electron chi connectivity index (χ1n) is 3.64. The largest absolute Gasteiger partial charge is 0.394 e. The van der Waals surface area contributed by atoms with Crippen molar-refractivity contribution in [1.29, 1.82) is 0 Å². The van der Waals surface area contributed by atoms with Crippen LogP contribution in [0.25, 0.3) is 0 Å². The number of hydrogen-bond acceptors (Lipinski definition) is 6. The summed E-state index contributed by atoms with van der Waals surface area (Å²) in [7, 11) is 0. The molecule has 0 spiro atoms. The molecule has 72 valence electrons. The van der Waals surface area contributed by atoms with Crippen LogP contribution >= 0.6 is 12.6 Å². The van der Waals surface area contributed by atoms with Crippen LogP contribution in [0.15, 0.2) is 0 Å². The Kier molecular flexibility index (Phi) is 3.33. The minimum absolute atomic E-state index is 0.359. The number of rotatable bonds is 1. The first-order valence-corrected chi connectivity index (χ1v) is 4.15. The Balaban J connectivity index is 2.63. The molecular formula is C6H13NO4S. The fourth-order valence-corrected chi connectivity index (χ4v) is 1.45. The maximum Gasteiger partial charge on any atom is 0.118 e. The van der Waals surface area contributed by atoms with Gasteiger partial charge >= 0.3 is 0 Å². The smallest absolute Gasteiger partial charge is 0.118 e. The van der Waals surface area contributed by atoms with Gasteiger partial charge in [-0.15, -0.1) is 12.6 Å². The van der Waals surface area contributed by atoms with Crippen molar-refractivity contribution in [1.82, 2.24) is 0 Å². The third-order valence-corrected chi connectivity index (χ3v) is 2.41. The van der Waals surface area contributed by atoms with Crippen molar-refractivity contribution >= 4 is 12.6 Å². The third kappa shape index (κ3) is 1.73. The second kappa shape index (κ2) is 3.91. The van der Waals surface area contributed by atoms with Gasteiger partial charge in [0.2, 0.25) is 0 Å². The Bertz CT molecular complexity index is 154. The molecule has 5 atom stereocenters. The molecule has 1 fully saturated rings. The standard InChI is InChI=1S/C6H13NO4S/c7-3-5(10)4(9)2(1-8)11-6(3)12/h2-6,8-10,12H,1,7H2/t2-,3-,4-,5-,6+/m1/s1. The van der Waals surface area contributed by atoms with Crippen molar-refractivity contribution in [2.75, 3.05) is 6.61 Å². The van der Waals surface area contributed by atoms with E-state index in [0.29, 0.717) is 0 Å². The lowest BCUT2D eigenvalue weighted by Gasteiger charge is -2.38. The summed E-state index contributed by atoms with van der Waals surface area (Å²) in [5.41, 5.74) is 4.78. The number of aliphatic hydroxyl groups excluding tert-OH is 3. The molecule has 12 heavy (non-hydrogen) atoms. The van der Waals surface area contributed by atoms with Gasteiger partial charge in [-0.1, -0.05) is 0 Å². The Morgan fingerprint density at radius 1 is 1.33 bits per heavy atom. The van der Waals surface area contributed by atoms with E-state index in [4.69, 9.17) is 15.6 Å². The molecule has 0 unspecified atom stereocenters. The minimum atomic E-state index is -1.15. The van der Waals surface area contributed by atoms with Crippen molar-refractivity contribution < 1.29 is 20.1 Å². The van der Waals surface area contributed by atoms with Crippen LogP contribution in [0.1, 0.15) is 0 Å². The zero-order valence-corrected chi connectivity index (χ0v) is 7.26. The number of nitrogens with two attached hydrogens (primary N) is 1. The quantitative estimate of drug-likeness (QED) is 0.303. The van der Waals surface area contributed by atoms with Gasteiger partial charge in [-0.05, 0) is 0 Å². The van der Waals surface area contributed by atoms with E-state index in [1.54, 1.807) is 0 Å². The van der Waals surface area contributed by atoms with Gasteiger partial charge in [0.25, 0.3) is 0 Å². The van der Waals surface area contributed by atoms with Crippen LogP contribution in [-0.2, 0) is 4.74 Å². The van der Waals surface area contributed by atoms with E-state index in [1.165, 1.54) is 0 Å². The fourth-order valence-electron chi connectivity index (χ4n) is 1.12. The highest BCUT2D eigenvalue weighted by atomic mass is 32.1. The van der Waals surface area contributed by atoms with Crippen molar-refractivity contribution in [2.24, 2.45) is 5.73 Å². The molecule has 6 heteroatoms. The molecule has 1 rings (SSSR count). The lowest BCUT2D eigenvalue weighted by molar-refractivity contribution is -0.165. The SMILES string of the molecule is N[C@@H]1[C@@H](O)[C@H](O)[C@@H](CO)O[C@H]1S. The normalized spacial score (nSPS) is 49.2. The monoisotopic (exact) mass is 195 g/mol. The van der Waals surface area contributed by atoms with Crippen molar-refractivity contribution in [3.05, 3.63) is 0 Å². The second-order valence-electron chi connectivity index (χ2n) is 2.81. The number of hydrogen-bond donors (Lipinski definition) is 5. The van der Waals surface area contributed by atoms with Crippen LogP contribution in [0.5, 0.6) is 0 Å². The van der Waals surface area contributed by atoms with Crippen molar-refractivity contribution in [3.8, 4) is 0 Å². The molecule has 1 saturated heterocycles. The minimum Gasteiger partial charge on any atom is -0.394 e. The lowest BCUT2D eigenvalue weighted by Crippen LogP contribution is -2.60. The average molecular weight is 195 g/mol. The molecule has 1 aliphatic heterocycles. The highest BCUT2D eigenvalue weighted by Crippen LogP contribution is 2.21. The van der Waals surface area contributed by atoms with Gasteiger partial charge in [-0.3, -0.25) is 0 Å². The van der Waals surface area contributed by atoms with Gasteiger partial charge in [0.15, 0.2) is 0 Å². The van der Waals surface area contributed by atoms with Crippen LogP contribution in [-0.4, -0.2) is 51.7 Å². The van der Waals surface area contributed by atoms with E-state index in [1.807, 2.05) is 0 Å². The zero-order valence-electron chi connectivity index (χ0n) is 6.37. The molecule has 0 bridgehead atoms. The number of thiol groups is 1. The van der Waals surface area contributed by atoms with Crippen LogP contribution < -0.4 is 5.73 Å². The summed E-state index contributed by atoms with van der Waals surface area (Å²) in [5.74, 6) is 0. The van der Waals surface area contributed by atoms with Gasteiger partial charge in [-0.25, -0.2) is 0 Å². The summed E-state index contributed by atoms with van der Waals surface area (Å²) in [6.07, 6.45) is -3.05. The molecule has 5 nitrogen and oxygen atoms in total. The fraction of sp³-hybridized carbons (Fsp3) is 1.00. The van der Waals surface area contributed by atoms with E-state index in [0.717, 1.165) is 0 Å². The first-order chi connectivity index (χ1) is 5.57. The summed E-state index contributed by atoms with van der Waals surface area (Å²) in [6.45, 7) is -0.359. The molecule has 0 aromatic carbocycles. The summed E-state index contributed by atoms with van der Waals surface area (Å²) < 4.78 is 5.01. The zero-order chi connectivity index (χ0) is 9.30. The van der Waals surface area contributed by atoms with Gasteiger partial charge in [0, 0.05) is 0 Å². The number of aliphatic hydroxyl groups is 3. The van der Waals surface area contributed by atoms with E-state index < -0.39 is 29.8 Å². The van der Waals surface area contributed by atoms with Crippen LogP contribution in [0.2, 0.25) is 0 Å². The van der Waals surface area contributed by atoms with Gasteiger partial charge in [0.1, 0.15) is 23.7 Å². The van der Waals surface area contributed by atoms with E-state index >= 15 is 0 Å². The molecule has 0 aromatic rings. The average Bonchev–Trinajstić information content (AvgIpc) is 2.08. The van der Waals surface area contributed by atoms with Crippen molar-refractivity contribution in [2.45, 2.75) is 29.8 Å². The van der Waals surface area contributed by atoms with Gasteiger partial charge in [0.05, 0.1) is 12.6 Å². The molecule has 0 aromatic heterocycles. The summed E-state index contributed by atoms with van der Waals surface area (Å²) >= 11 is 3.94. The molecule has 0 radical (unpaired) electrons. The van der Waals surface area contributed by atoms with Crippen LogP contribution in [0.3, 0.4) is 0 Å². The van der Waals surface area contributed by atoms with Gasteiger partial charge < -0.3 is 25.8 Å². The molecule has 1 heterocycles. The highest BCUT2D eigenvalue weighted by Gasteiger charge is 2.40. The van der Waals surface area contributed by atoms with Crippen molar-refractivity contribution in [3.63, 3.8) is 0 Å². The summed E-state index contributed by atoms with van der Waals surface area (Å²) in [6, 6.07) is -0.730. The molecule has 5 N–H and O–H groups in total. The van der Waals surface area contributed by atoms with E-state index in [9.17, 15) is 10.2 Å². The maximum atomic E-state index is 9.30. The topological polar surface area (TPSA) is 95.9 Å². The first kappa shape index (κ1) is 10.2. The second-order valence-corrected chi connectivity index (χ2v) is 3.32. The molecule has 0 aliphatic carbocycles. The molecule has 0 saturated carbocycles. The molecule has 0 amide bonds. The van der Waals surface area contributed by atoms with E-state index in [2.05, 4.69) is 12.6 Å². The summed E-state index contributed by atoms with van der Waals surface area (Å²) in [5, 5.41) is 27.3. The third-order valence-electron chi connectivity index (χ3n) is 1.95. The molecular weight excluding hydrogens is 182 g/mol. The summed E-state index contributed by atoms with van der Waals surface area (Å²) in [4.78, 5) is 0. The van der Waals surface area contributed by atoms with Crippen LogP contribution in [0.4, 0.5) is 0 Å². The number of ether oxygens (including phenoxy) is 1. The molecule has 1 aliphatic rings. The Hall–Kier alpha value is 0.150. The Morgan fingerprint density at radius 3 is 2.42 bits per heavy atom. The lowest BCUT2D eigenvalue weighted by atomic mass is 9.99. The predicted molar refractivity (Wildman–Crippen MR) is 44.7 cm³/mol. The predicted octanol–water partition coefficient (Wildman–Crippen LogP) is -2.32. The maximum absolute atomic E-state index is 9.30. The Labute approximate surface area is 75.5 Å². The highest BCUT2D eigenvalue weighted by molar-refractivity contribution is 7.80. The van der Waals surface area contributed by atoms with E-state index in [-0.39, 0.29) is 6.61 Å². The van der Waals surface area contributed by atoms with Gasteiger partial charge in [-0.2, -0.15) is 0 Å². The Morgan fingerprint density at radius 2 is 1.92 bits per heavy atom.